The average molecular weight is 403 g/mol. The second-order valence-electron chi connectivity index (χ2n) is 7.98. The van der Waals surface area contributed by atoms with Crippen LogP contribution in [0.2, 0.25) is 0 Å². The fourth-order valence-electron chi connectivity index (χ4n) is 4.22. The van der Waals surface area contributed by atoms with E-state index in [9.17, 15) is 4.79 Å². The molecule has 1 N–H and O–H groups in total. The fourth-order valence-corrected chi connectivity index (χ4v) is 4.22. The van der Waals surface area contributed by atoms with Crippen LogP contribution in [-0.2, 0) is 19.5 Å². The first-order chi connectivity index (χ1) is 14.8. The summed E-state index contributed by atoms with van der Waals surface area (Å²) in [6.07, 6.45) is 11.7. The molecule has 0 unspecified atom stereocenters. The van der Waals surface area contributed by atoms with E-state index >= 15 is 0 Å². The number of anilines is 1. The molecule has 2 aliphatic rings. The first-order valence-corrected chi connectivity index (χ1v) is 10.6. The highest BCUT2D eigenvalue weighted by Gasteiger charge is 2.22. The second kappa shape index (κ2) is 8.31. The number of H-pyrrole nitrogens is 1. The van der Waals surface area contributed by atoms with Crippen molar-refractivity contribution in [3.8, 4) is 11.4 Å². The Hall–Kier alpha value is -3.13. The maximum atomic E-state index is 12.6. The van der Waals surface area contributed by atoms with Crippen LogP contribution < -0.4 is 10.5 Å². The van der Waals surface area contributed by atoms with Crippen LogP contribution in [0, 0.1) is 0 Å². The van der Waals surface area contributed by atoms with Gasteiger partial charge in [-0.25, -0.2) is 15.0 Å². The van der Waals surface area contributed by atoms with Crippen molar-refractivity contribution in [2.75, 3.05) is 24.5 Å². The Labute approximate surface area is 175 Å². The van der Waals surface area contributed by atoms with E-state index in [1.54, 1.807) is 12.4 Å². The van der Waals surface area contributed by atoms with Gasteiger partial charge < -0.3 is 9.88 Å². The van der Waals surface area contributed by atoms with E-state index in [0.717, 1.165) is 54.5 Å². The van der Waals surface area contributed by atoms with Gasteiger partial charge in [-0.3, -0.25) is 14.7 Å². The number of aromatic amines is 1. The summed E-state index contributed by atoms with van der Waals surface area (Å²) in [4.78, 5) is 38.0. The quantitative estimate of drug-likeness (QED) is 0.714. The number of pyridine rings is 1. The molecule has 1 saturated heterocycles. The van der Waals surface area contributed by atoms with Gasteiger partial charge in [0.1, 0.15) is 5.82 Å². The van der Waals surface area contributed by atoms with Crippen molar-refractivity contribution in [2.45, 2.75) is 38.8 Å². The molecule has 0 radical (unpaired) electrons. The zero-order valence-electron chi connectivity index (χ0n) is 16.9. The Kier molecular flexibility index (Phi) is 5.23. The van der Waals surface area contributed by atoms with Crippen molar-refractivity contribution in [1.82, 2.24) is 29.8 Å². The largest absolute Gasteiger partial charge is 0.341 e. The van der Waals surface area contributed by atoms with Crippen LogP contribution in [0.25, 0.3) is 11.4 Å². The van der Waals surface area contributed by atoms with E-state index in [-0.39, 0.29) is 5.56 Å². The maximum absolute atomic E-state index is 12.6. The molecule has 5 rings (SSSR count). The molecular formula is C22H25N7O. The number of nitrogens with zero attached hydrogens (tertiary/aromatic N) is 6. The lowest BCUT2D eigenvalue weighted by Crippen LogP contribution is -2.35. The van der Waals surface area contributed by atoms with E-state index < -0.39 is 0 Å². The minimum atomic E-state index is -0.0410. The molecule has 30 heavy (non-hydrogen) atoms. The van der Waals surface area contributed by atoms with Gasteiger partial charge in [0, 0.05) is 74.2 Å². The lowest BCUT2D eigenvalue weighted by atomic mass is 10.1. The van der Waals surface area contributed by atoms with Gasteiger partial charge in [-0.1, -0.05) is 0 Å². The molecule has 3 aromatic rings. The Bertz CT molecular complexity index is 1060. The predicted molar refractivity (Wildman–Crippen MR) is 114 cm³/mol. The molecule has 5 heterocycles. The fraction of sp³-hybridized carbons (Fsp3) is 0.409. The van der Waals surface area contributed by atoms with E-state index in [4.69, 9.17) is 4.98 Å². The first-order valence-electron chi connectivity index (χ1n) is 10.6. The minimum absolute atomic E-state index is 0.0410. The van der Waals surface area contributed by atoms with E-state index in [0.29, 0.717) is 18.8 Å². The lowest BCUT2D eigenvalue weighted by Gasteiger charge is -2.28. The molecule has 8 heteroatoms. The van der Waals surface area contributed by atoms with E-state index in [1.165, 1.54) is 19.3 Å². The lowest BCUT2D eigenvalue weighted by molar-refractivity contribution is 0.240. The summed E-state index contributed by atoms with van der Waals surface area (Å²) >= 11 is 0. The minimum Gasteiger partial charge on any atom is -0.341 e. The van der Waals surface area contributed by atoms with Crippen LogP contribution in [-0.4, -0.2) is 49.5 Å². The van der Waals surface area contributed by atoms with Gasteiger partial charge in [-0.05, 0) is 37.8 Å². The van der Waals surface area contributed by atoms with Crippen molar-refractivity contribution < 1.29 is 0 Å². The summed E-state index contributed by atoms with van der Waals surface area (Å²) in [7, 11) is 0. The summed E-state index contributed by atoms with van der Waals surface area (Å²) in [5.41, 5.74) is 3.55. The summed E-state index contributed by atoms with van der Waals surface area (Å²) < 4.78 is 0. The van der Waals surface area contributed by atoms with Crippen LogP contribution in [0.3, 0.4) is 0 Å². The third-order valence-corrected chi connectivity index (χ3v) is 5.84. The highest BCUT2D eigenvalue weighted by Crippen LogP contribution is 2.20. The van der Waals surface area contributed by atoms with Crippen molar-refractivity contribution in [3.63, 3.8) is 0 Å². The molecule has 0 bridgehead atoms. The molecule has 154 valence electrons. The number of rotatable bonds is 4. The number of piperidine rings is 1. The summed E-state index contributed by atoms with van der Waals surface area (Å²) in [5, 5.41) is 0. The third-order valence-electron chi connectivity index (χ3n) is 5.84. The number of nitrogens with one attached hydrogen (secondary N) is 1. The Morgan fingerprint density at radius 2 is 1.77 bits per heavy atom. The molecule has 8 nitrogen and oxygen atoms in total. The molecule has 0 spiro atoms. The molecule has 0 atom stereocenters. The van der Waals surface area contributed by atoms with Crippen molar-refractivity contribution in [3.05, 3.63) is 64.1 Å². The van der Waals surface area contributed by atoms with Gasteiger partial charge in [0.2, 0.25) is 5.95 Å². The van der Waals surface area contributed by atoms with Crippen molar-refractivity contribution >= 4 is 5.95 Å². The van der Waals surface area contributed by atoms with Crippen LogP contribution >= 0.6 is 0 Å². The Morgan fingerprint density at radius 3 is 2.53 bits per heavy atom. The van der Waals surface area contributed by atoms with Crippen LogP contribution in [0.15, 0.2) is 41.7 Å². The van der Waals surface area contributed by atoms with E-state index in [1.807, 2.05) is 24.5 Å². The van der Waals surface area contributed by atoms with E-state index in [2.05, 4.69) is 29.7 Å². The smallest absolute Gasteiger partial charge is 0.254 e. The van der Waals surface area contributed by atoms with Crippen molar-refractivity contribution in [2.24, 2.45) is 0 Å². The maximum Gasteiger partial charge on any atom is 0.254 e. The zero-order valence-corrected chi connectivity index (χ0v) is 16.9. The highest BCUT2D eigenvalue weighted by atomic mass is 16.1. The Balaban J connectivity index is 1.30. The van der Waals surface area contributed by atoms with Gasteiger partial charge in [-0.15, -0.1) is 0 Å². The van der Waals surface area contributed by atoms with Gasteiger partial charge >= 0.3 is 0 Å². The van der Waals surface area contributed by atoms with Gasteiger partial charge in [0.15, 0.2) is 0 Å². The number of hydrogen-bond donors (Lipinski definition) is 1. The molecular weight excluding hydrogens is 378 g/mol. The number of fused-ring (bicyclic) bond motifs is 1. The van der Waals surface area contributed by atoms with Gasteiger partial charge in [0.05, 0.1) is 5.69 Å². The van der Waals surface area contributed by atoms with Gasteiger partial charge in [-0.2, -0.15) is 0 Å². The number of aromatic nitrogens is 5. The average Bonchev–Trinajstić information content (AvgIpc) is 2.80. The standard InChI is InChI=1S/C22H25N7O/c30-21-18-6-11-28(15-19(18)26-20(27-21)17-4-7-23-8-5-17)14-16-12-24-22(25-13-16)29-9-2-1-3-10-29/h4-5,7-8,12-13H,1-3,6,9-11,14-15H2,(H,26,27,30). The summed E-state index contributed by atoms with van der Waals surface area (Å²) in [6.45, 7) is 4.30. The van der Waals surface area contributed by atoms with Crippen LogP contribution in [0.4, 0.5) is 5.95 Å². The summed E-state index contributed by atoms with van der Waals surface area (Å²) in [5.74, 6) is 1.43. The molecule has 0 amide bonds. The molecule has 0 saturated carbocycles. The molecule has 0 aromatic carbocycles. The second-order valence-corrected chi connectivity index (χ2v) is 7.98. The summed E-state index contributed by atoms with van der Waals surface area (Å²) in [6, 6.07) is 3.71. The third kappa shape index (κ3) is 3.95. The molecule has 2 aliphatic heterocycles. The highest BCUT2D eigenvalue weighted by molar-refractivity contribution is 5.54. The van der Waals surface area contributed by atoms with Crippen LogP contribution in [0.1, 0.15) is 36.1 Å². The number of hydrogen-bond acceptors (Lipinski definition) is 7. The molecule has 3 aromatic heterocycles. The first kappa shape index (κ1) is 18.9. The topological polar surface area (TPSA) is 90.9 Å². The monoisotopic (exact) mass is 403 g/mol. The zero-order chi connectivity index (χ0) is 20.3. The molecule has 0 aliphatic carbocycles. The van der Waals surface area contributed by atoms with Gasteiger partial charge in [0.25, 0.3) is 5.56 Å². The molecule has 1 fully saturated rings. The normalized spacial score (nSPS) is 17.0. The SMILES string of the molecule is O=c1[nH]c(-c2ccncc2)nc2c1CCN(Cc1cnc(N3CCCCC3)nc1)C2. The van der Waals surface area contributed by atoms with Crippen molar-refractivity contribution in [1.29, 1.82) is 0 Å². The Morgan fingerprint density at radius 1 is 1.00 bits per heavy atom. The van der Waals surface area contributed by atoms with Crippen LogP contribution in [0.5, 0.6) is 0 Å². The predicted octanol–water partition coefficient (Wildman–Crippen LogP) is 2.17.